The van der Waals surface area contributed by atoms with Crippen molar-refractivity contribution in [3.63, 3.8) is 0 Å². The van der Waals surface area contributed by atoms with Crippen LogP contribution in [0.3, 0.4) is 0 Å². The van der Waals surface area contributed by atoms with Crippen LogP contribution >= 0.6 is 0 Å². The molecule has 2 aliphatic rings. The molecule has 4 rings (SSSR count). The number of carbonyl (C=O) groups is 2. The van der Waals surface area contributed by atoms with Gasteiger partial charge < -0.3 is 15.5 Å². The summed E-state index contributed by atoms with van der Waals surface area (Å²) >= 11 is 0. The molecule has 2 aliphatic heterocycles. The molecule has 3 amide bonds. The molecule has 3 heterocycles. The van der Waals surface area contributed by atoms with Crippen LogP contribution in [0.25, 0.3) is 0 Å². The van der Waals surface area contributed by atoms with Gasteiger partial charge in [-0.3, -0.25) is 9.78 Å². The number of halogens is 1. The summed E-state index contributed by atoms with van der Waals surface area (Å²) in [6.07, 6.45) is 6.29. The van der Waals surface area contributed by atoms with Gasteiger partial charge in [0.05, 0.1) is 6.04 Å². The molecule has 2 saturated heterocycles. The zero-order valence-electron chi connectivity index (χ0n) is 15.5. The SMILES string of the molecule is O=C1CCC2(CCN(C(=O)N[C@@H](c3ccncc3)c3ccc(F)cc3)CC2)N1. The lowest BCUT2D eigenvalue weighted by molar-refractivity contribution is -0.120. The number of benzene rings is 1. The van der Waals surface area contributed by atoms with Gasteiger partial charge in [0.1, 0.15) is 5.82 Å². The van der Waals surface area contributed by atoms with Gasteiger partial charge in [-0.2, -0.15) is 0 Å². The number of likely N-dealkylation sites (tertiary alicyclic amines) is 1. The first-order valence-electron chi connectivity index (χ1n) is 9.57. The van der Waals surface area contributed by atoms with Crippen LogP contribution in [0.4, 0.5) is 9.18 Å². The van der Waals surface area contributed by atoms with E-state index in [0.29, 0.717) is 19.5 Å². The second-order valence-electron chi connectivity index (χ2n) is 7.53. The summed E-state index contributed by atoms with van der Waals surface area (Å²) in [5.74, 6) is -0.213. The Morgan fingerprint density at radius 1 is 1.07 bits per heavy atom. The first-order chi connectivity index (χ1) is 13.5. The van der Waals surface area contributed by atoms with Gasteiger partial charge in [-0.15, -0.1) is 0 Å². The number of piperidine rings is 1. The molecular formula is C21H23FN4O2. The summed E-state index contributed by atoms with van der Waals surface area (Å²) < 4.78 is 13.3. The molecule has 1 atom stereocenters. The molecule has 1 aromatic carbocycles. The molecule has 6 nitrogen and oxygen atoms in total. The zero-order chi connectivity index (χ0) is 19.6. The molecule has 7 heteroatoms. The van der Waals surface area contributed by atoms with E-state index in [1.165, 1.54) is 12.1 Å². The van der Waals surface area contributed by atoms with Gasteiger partial charge in [-0.25, -0.2) is 9.18 Å². The highest BCUT2D eigenvalue weighted by Crippen LogP contribution is 2.31. The lowest BCUT2D eigenvalue weighted by Crippen LogP contribution is -2.54. The van der Waals surface area contributed by atoms with Gasteiger partial charge in [0.2, 0.25) is 5.91 Å². The smallest absolute Gasteiger partial charge is 0.318 e. The van der Waals surface area contributed by atoms with E-state index >= 15 is 0 Å². The molecular weight excluding hydrogens is 359 g/mol. The van der Waals surface area contributed by atoms with E-state index in [0.717, 1.165) is 30.4 Å². The molecule has 2 fully saturated rings. The summed E-state index contributed by atoms with van der Waals surface area (Å²) in [7, 11) is 0. The first kappa shape index (κ1) is 18.4. The van der Waals surface area contributed by atoms with Gasteiger partial charge in [0, 0.05) is 37.4 Å². The fraction of sp³-hybridized carbons (Fsp3) is 0.381. The van der Waals surface area contributed by atoms with E-state index in [1.807, 2.05) is 12.1 Å². The Balaban J connectivity index is 1.47. The fourth-order valence-corrected chi connectivity index (χ4v) is 4.07. The lowest BCUT2D eigenvalue weighted by Gasteiger charge is -2.39. The molecule has 1 spiro atoms. The van der Waals surface area contributed by atoms with Crippen molar-refractivity contribution >= 4 is 11.9 Å². The van der Waals surface area contributed by atoms with Crippen LogP contribution in [0, 0.1) is 5.82 Å². The Morgan fingerprint density at radius 3 is 2.32 bits per heavy atom. The lowest BCUT2D eigenvalue weighted by atomic mass is 9.86. The monoisotopic (exact) mass is 382 g/mol. The topological polar surface area (TPSA) is 74.3 Å². The van der Waals surface area contributed by atoms with Crippen molar-refractivity contribution in [1.29, 1.82) is 0 Å². The van der Waals surface area contributed by atoms with E-state index < -0.39 is 6.04 Å². The minimum absolute atomic E-state index is 0.104. The molecule has 0 saturated carbocycles. The normalized spacial score (nSPS) is 19.3. The zero-order valence-corrected chi connectivity index (χ0v) is 15.5. The van der Waals surface area contributed by atoms with Crippen LogP contribution in [0.1, 0.15) is 42.9 Å². The summed E-state index contributed by atoms with van der Waals surface area (Å²) in [5.41, 5.74) is 1.54. The average molecular weight is 382 g/mol. The second kappa shape index (κ2) is 7.58. The Bertz CT molecular complexity index is 848. The van der Waals surface area contributed by atoms with Crippen molar-refractivity contribution in [1.82, 2.24) is 20.5 Å². The average Bonchev–Trinajstić information content (AvgIpc) is 3.08. The highest BCUT2D eigenvalue weighted by atomic mass is 19.1. The number of urea groups is 1. The Kier molecular flexibility index (Phi) is 4.98. The molecule has 28 heavy (non-hydrogen) atoms. The summed E-state index contributed by atoms with van der Waals surface area (Å²) in [4.78, 5) is 30.3. The molecule has 0 aliphatic carbocycles. The predicted octanol–water partition coefficient (Wildman–Crippen LogP) is 2.76. The van der Waals surface area contributed by atoms with Gasteiger partial charge in [0.25, 0.3) is 0 Å². The number of rotatable bonds is 3. The summed E-state index contributed by atoms with van der Waals surface area (Å²) in [5, 5.41) is 6.16. The van der Waals surface area contributed by atoms with Gasteiger partial charge in [0.15, 0.2) is 0 Å². The molecule has 0 radical (unpaired) electrons. The van der Waals surface area contributed by atoms with Crippen molar-refractivity contribution < 1.29 is 14.0 Å². The maximum absolute atomic E-state index is 13.3. The van der Waals surface area contributed by atoms with E-state index in [1.54, 1.807) is 29.4 Å². The number of amides is 3. The summed E-state index contributed by atoms with van der Waals surface area (Å²) in [6.45, 7) is 1.19. The first-order valence-corrected chi connectivity index (χ1v) is 9.57. The van der Waals surface area contributed by atoms with E-state index in [2.05, 4.69) is 15.6 Å². The van der Waals surface area contributed by atoms with Gasteiger partial charge in [-0.05, 0) is 54.7 Å². The molecule has 0 unspecified atom stereocenters. The largest absolute Gasteiger partial charge is 0.351 e. The van der Waals surface area contributed by atoms with Gasteiger partial charge in [-0.1, -0.05) is 12.1 Å². The number of nitrogens with one attached hydrogen (secondary N) is 2. The van der Waals surface area contributed by atoms with Gasteiger partial charge >= 0.3 is 6.03 Å². The van der Waals surface area contributed by atoms with Crippen LogP contribution in [-0.2, 0) is 4.79 Å². The van der Waals surface area contributed by atoms with Crippen LogP contribution in [0.2, 0.25) is 0 Å². The van der Waals surface area contributed by atoms with E-state index in [4.69, 9.17) is 0 Å². The minimum Gasteiger partial charge on any atom is -0.351 e. The van der Waals surface area contributed by atoms with Crippen molar-refractivity contribution in [3.8, 4) is 0 Å². The number of hydrogen-bond donors (Lipinski definition) is 2. The second-order valence-corrected chi connectivity index (χ2v) is 7.53. The highest BCUT2D eigenvalue weighted by molar-refractivity contribution is 5.80. The predicted molar refractivity (Wildman–Crippen MR) is 102 cm³/mol. The molecule has 2 aromatic rings. The standard InChI is InChI=1S/C21H23FN4O2/c22-17-3-1-15(2-4-17)19(16-6-11-23-12-7-16)24-20(28)26-13-9-21(10-14-26)8-5-18(27)25-21/h1-4,6-7,11-12,19H,5,8-10,13-14H2,(H,24,28)(H,25,27)/t19-/m1/s1. The molecule has 2 N–H and O–H groups in total. The van der Waals surface area contributed by atoms with Crippen LogP contribution in [-0.4, -0.2) is 40.5 Å². The Hall–Kier alpha value is -2.96. The van der Waals surface area contributed by atoms with Crippen molar-refractivity contribution in [2.75, 3.05) is 13.1 Å². The highest BCUT2D eigenvalue weighted by Gasteiger charge is 2.41. The van der Waals surface area contributed by atoms with Crippen LogP contribution < -0.4 is 10.6 Å². The Labute approximate surface area is 163 Å². The number of nitrogens with zero attached hydrogens (tertiary/aromatic N) is 2. The van der Waals surface area contributed by atoms with Crippen LogP contribution in [0.15, 0.2) is 48.8 Å². The molecule has 0 bridgehead atoms. The third-order valence-electron chi connectivity index (χ3n) is 5.75. The van der Waals surface area contributed by atoms with E-state index in [-0.39, 0.29) is 23.3 Å². The number of hydrogen-bond acceptors (Lipinski definition) is 3. The third-order valence-corrected chi connectivity index (χ3v) is 5.75. The van der Waals surface area contributed by atoms with E-state index in [9.17, 15) is 14.0 Å². The maximum Gasteiger partial charge on any atom is 0.318 e. The molecule has 146 valence electrons. The minimum atomic E-state index is -0.391. The third kappa shape index (κ3) is 3.83. The number of carbonyl (C=O) groups excluding carboxylic acids is 2. The van der Waals surface area contributed by atoms with Crippen molar-refractivity contribution in [3.05, 3.63) is 65.7 Å². The molecule has 1 aromatic heterocycles. The maximum atomic E-state index is 13.3. The fourth-order valence-electron chi connectivity index (χ4n) is 4.07. The number of pyridine rings is 1. The number of aromatic nitrogens is 1. The summed E-state index contributed by atoms with van der Waals surface area (Å²) in [6, 6.07) is 9.27. The van der Waals surface area contributed by atoms with Crippen LogP contribution in [0.5, 0.6) is 0 Å². The van der Waals surface area contributed by atoms with Crippen molar-refractivity contribution in [2.24, 2.45) is 0 Å². The Morgan fingerprint density at radius 2 is 1.71 bits per heavy atom. The quantitative estimate of drug-likeness (QED) is 0.857. The van der Waals surface area contributed by atoms with Crippen molar-refractivity contribution in [2.45, 2.75) is 37.3 Å².